The van der Waals surface area contributed by atoms with Crippen LogP contribution in [0, 0.1) is 6.92 Å². The normalized spacial score (nSPS) is 12.4. The first kappa shape index (κ1) is 12.8. The van der Waals surface area contributed by atoms with Gasteiger partial charge in [0.05, 0.1) is 23.4 Å². The SMILES string of the molecule is Cc1ccc(-n2cnnn2)c(NCC(O)CCl)c1. The average molecular weight is 268 g/mol. The number of hydrogen-bond donors (Lipinski definition) is 2. The molecule has 1 aromatic heterocycles. The molecule has 1 aromatic carbocycles. The van der Waals surface area contributed by atoms with Gasteiger partial charge in [-0.1, -0.05) is 6.07 Å². The molecule has 0 fully saturated rings. The fourth-order valence-electron chi connectivity index (χ4n) is 1.55. The Balaban J connectivity index is 2.24. The molecule has 0 saturated carbocycles. The van der Waals surface area contributed by atoms with E-state index in [1.165, 1.54) is 6.33 Å². The van der Waals surface area contributed by atoms with Gasteiger partial charge >= 0.3 is 0 Å². The largest absolute Gasteiger partial charge is 0.390 e. The number of benzene rings is 1. The maximum absolute atomic E-state index is 9.47. The molecule has 96 valence electrons. The van der Waals surface area contributed by atoms with E-state index in [0.29, 0.717) is 6.54 Å². The van der Waals surface area contributed by atoms with Gasteiger partial charge in [-0.3, -0.25) is 0 Å². The lowest BCUT2D eigenvalue weighted by Crippen LogP contribution is -2.21. The first-order valence-electron chi connectivity index (χ1n) is 5.52. The Kier molecular flexibility index (Phi) is 4.11. The Morgan fingerprint density at radius 3 is 3.00 bits per heavy atom. The molecule has 0 bridgehead atoms. The van der Waals surface area contributed by atoms with Gasteiger partial charge in [-0.15, -0.1) is 16.7 Å². The van der Waals surface area contributed by atoms with E-state index >= 15 is 0 Å². The molecule has 0 spiro atoms. The van der Waals surface area contributed by atoms with Crippen LogP contribution in [0.25, 0.3) is 5.69 Å². The van der Waals surface area contributed by atoms with Gasteiger partial charge < -0.3 is 10.4 Å². The van der Waals surface area contributed by atoms with Gasteiger partial charge in [-0.05, 0) is 35.0 Å². The zero-order chi connectivity index (χ0) is 13.0. The van der Waals surface area contributed by atoms with Gasteiger partial charge in [0.1, 0.15) is 6.33 Å². The van der Waals surface area contributed by atoms with Crippen LogP contribution < -0.4 is 5.32 Å². The third-order valence-electron chi connectivity index (χ3n) is 2.45. The van der Waals surface area contributed by atoms with Crippen molar-refractivity contribution in [3.63, 3.8) is 0 Å². The van der Waals surface area contributed by atoms with Gasteiger partial charge in [0, 0.05) is 6.54 Å². The van der Waals surface area contributed by atoms with Crippen LogP contribution in [-0.4, -0.2) is 43.8 Å². The Bertz CT molecular complexity index is 502. The van der Waals surface area contributed by atoms with E-state index in [2.05, 4.69) is 20.8 Å². The second-order valence-electron chi connectivity index (χ2n) is 3.96. The quantitative estimate of drug-likeness (QED) is 0.790. The lowest BCUT2D eigenvalue weighted by Gasteiger charge is -2.14. The lowest BCUT2D eigenvalue weighted by atomic mass is 10.2. The third kappa shape index (κ3) is 2.96. The minimum absolute atomic E-state index is 0.193. The second kappa shape index (κ2) is 5.79. The van der Waals surface area contributed by atoms with Gasteiger partial charge in [0.15, 0.2) is 0 Å². The van der Waals surface area contributed by atoms with Crippen LogP contribution >= 0.6 is 11.6 Å². The highest BCUT2D eigenvalue weighted by Gasteiger charge is 2.08. The number of aliphatic hydroxyl groups is 1. The number of nitrogens with zero attached hydrogens (tertiary/aromatic N) is 4. The van der Waals surface area contributed by atoms with Crippen LogP contribution in [0.2, 0.25) is 0 Å². The Labute approximate surface area is 110 Å². The maximum Gasteiger partial charge on any atom is 0.143 e. The first-order valence-corrected chi connectivity index (χ1v) is 6.06. The average Bonchev–Trinajstić information content (AvgIpc) is 2.89. The summed E-state index contributed by atoms with van der Waals surface area (Å²) in [5, 5.41) is 23.7. The molecule has 1 atom stereocenters. The van der Waals surface area contributed by atoms with E-state index < -0.39 is 6.10 Å². The molecule has 2 N–H and O–H groups in total. The van der Waals surface area contributed by atoms with E-state index in [4.69, 9.17) is 11.6 Å². The van der Waals surface area contributed by atoms with Gasteiger partial charge in [0.2, 0.25) is 0 Å². The van der Waals surface area contributed by atoms with Crippen LogP contribution in [0.5, 0.6) is 0 Å². The zero-order valence-corrected chi connectivity index (χ0v) is 10.7. The van der Waals surface area contributed by atoms with Crippen molar-refractivity contribution < 1.29 is 5.11 Å². The van der Waals surface area contributed by atoms with Crippen molar-refractivity contribution in [2.75, 3.05) is 17.7 Å². The summed E-state index contributed by atoms with van der Waals surface area (Å²) in [7, 11) is 0. The highest BCUT2D eigenvalue weighted by Crippen LogP contribution is 2.20. The molecular weight excluding hydrogens is 254 g/mol. The Morgan fingerprint density at radius 1 is 1.50 bits per heavy atom. The molecule has 2 rings (SSSR count). The molecule has 0 amide bonds. The van der Waals surface area contributed by atoms with Gasteiger partial charge in [-0.25, -0.2) is 0 Å². The molecule has 18 heavy (non-hydrogen) atoms. The summed E-state index contributed by atoms with van der Waals surface area (Å²) in [4.78, 5) is 0. The minimum atomic E-state index is -0.589. The summed E-state index contributed by atoms with van der Waals surface area (Å²) >= 11 is 5.56. The fourth-order valence-corrected chi connectivity index (χ4v) is 1.65. The van der Waals surface area contributed by atoms with Crippen molar-refractivity contribution in [1.29, 1.82) is 0 Å². The van der Waals surface area contributed by atoms with Crippen LogP contribution in [0.1, 0.15) is 5.56 Å². The van der Waals surface area contributed by atoms with Crippen LogP contribution in [0.3, 0.4) is 0 Å². The summed E-state index contributed by atoms with van der Waals surface area (Å²) in [5.74, 6) is 0.193. The highest BCUT2D eigenvalue weighted by atomic mass is 35.5. The summed E-state index contributed by atoms with van der Waals surface area (Å²) < 4.78 is 1.56. The standard InChI is InChI=1S/C11H14ClN5O/c1-8-2-3-11(17-7-14-15-16-17)10(4-8)13-6-9(18)5-12/h2-4,7,9,13,18H,5-6H2,1H3. The molecule has 0 radical (unpaired) electrons. The summed E-state index contributed by atoms with van der Waals surface area (Å²) in [6, 6.07) is 5.86. The number of anilines is 1. The number of tetrazole rings is 1. The van der Waals surface area contributed by atoms with Crippen molar-refractivity contribution >= 4 is 17.3 Å². The lowest BCUT2D eigenvalue weighted by molar-refractivity contribution is 0.211. The Hall–Kier alpha value is -1.66. The molecule has 6 nitrogen and oxygen atoms in total. The van der Waals surface area contributed by atoms with Crippen molar-refractivity contribution in [2.24, 2.45) is 0 Å². The van der Waals surface area contributed by atoms with Gasteiger partial charge in [-0.2, -0.15) is 4.68 Å². The van der Waals surface area contributed by atoms with E-state index in [1.54, 1.807) is 4.68 Å². The number of hydrogen-bond acceptors (Lipinski definition) is 5. The summed E-state index contributed by atoms with van der Waals surface area (Å²) in [6.45, 7) is 2.37. The second-order valence-corrected chi connectivity index (χ2v) is 4.27. The topological polar surface area (TPSA) is 75.9 Å². The number of aliphatic hydroxyl groups excluding tert-OH is 1. The van der Waals surface area contributed by atoms with Crippen molar-refractivity contribution in [3.05, 3.63) is 30.1 Å². The molecule has 0 aliphatic heterocycles. The molecule has 2 aromatic rings. The smallest absolute Gasteiger partial charge is 0.143 e. The molecule has 0 aliphatic carbocycles. The molecular formula is C11H14ClN5O. The van der Waals surface area contributed by atoms with Gasteiger partial charge in [0.25, 0.3) is 0 Å². The zero-order valence-electron chi connectivity index (χ0n) is 9.91. The highest BCUT2D eigenvalue weighted by molar-refractivity contribution is 6.18. The predicted octanol–water partition coefficient (Wildman–Crippen LogP) is 0.982. The van der Waals surface area contributed by atoms with Crippen LogP contribution in [-0.2, 0) is 0 Å². The first-order chi connectivity index (χ1) is 8.70. The van der Waals surface area contributed by atoms with E-state index in [0.717, 1.165) is 16.9 Å². The number of rotatable bonds is 5. The number of alkyl halides is 1. The van der Waals surface area contributed by atoms with E-state index in [9.17, 15) is 5.11 Å². The van der Waals surface area contributed by atoms with Crippen molar-refractivity contribution in [2.45, 2.75) is 13.0 Å². The minimum Gasteiger partial charge on any atom is -0.390 e. The van der Waals surface area contributed by atoms with E-state index in [-0.39, 0.29) is 5.88 Å². The molecule has 7 heteroatoms. The third-order valence-corrected chi connectivity index (χ3v) is 2.81. The van der Waals surface area contributed by atoms with E-state index in [1.807, 2.05) is 25.1 Å². The molecule has 1 heterocycles. The fraction of sp³-hybridized carbons (Fsp3) is 0.364. The maximum atomic E-state index is 9.47. The summed E-state index contributed by atoms with van der Waals surface area (Å²) in [5.41, 5.74) is 2.79. The van der Waals surface area contributed by atoms with Crippen molar-refractivity contribution in [3.8, 4) is 5.69 Å². The molecule has 0 aliphatic rings. The Morgan fingerprint density at radius 2 is 2.33 bits per heavy atom. The van der Waals surface area contributed by atoms with Crippen LogP contribution in [0.15, 0.2) is 24.5 Å². The number of nitrogens with one attached hydrogen (secondary N) is 1. The molecule has 1 unspecified atom stereocenters. The summed E-state index contributed by atoms with van der Waals surface area (Å²) in [6.07, 6.45) is 0.933. The van der Waals surface area contributed by atoms with Crippen molar-refractivity contribution in [1.82, 2.24) is 20.2 Å². The monoisotopic (exact) mass is 267 g/mol. The van der Waals surface area contributed by atoms with Crippen LogP contribution in [0.4, 0.5) is 5.69 Å². The number of aromatic nitrogens is 4. The predicted molar refractivity (Wildman–Crippen MR) is 69.1 cm³/mol. The molecule has 0 saturated heterocycles. The number of aryl methyl sites for hydroxylation is 1. The number of halogens is 1.